The van der Waals surface area contributed by atoms with Crippen LogP contribution in [0.2, 0.25) is 0 Å². The molecule has 4 heteroatoms. The Morgan fingerprint density at radius 1 is 1.10 bits per heavy atom. The first-order valence-corrected chi connectivity index (χ1v) is 12.4. The van der Waals surface area contributed by atoms with E-state index in [0.717, 1.165) is 57.8 Å². The Bertz CT molecular complexity index is 479. The first kappa shape index (κ1) is 24.7. The van der Waals surface area contributed by atoms with Gasteiger partial charge in [-0.15, -0.1) is 0 Å². The molecule has 0 aromatic heterocycles. The van der Waals surface area contributed by atoms with Crippen molar-refractivity contribution in [1.29, 1.82) is 0 Å². The molecule has 2 aliphatic rings. The van der Waals surface area contributed by atoms with Crippen molar-refractivity contribution in [3.05, 3.63) is 0 Å². The summed E-state index contributed by atoms with van der Waals surface area (Å²) < 4.78 is 12.2. The maximum Gasteiger partial charge on any atom is 0.308 e. The number of unbranched alkanes of at least 4 members (excludes halogenated alkanes) is 4. The second kappa shape index (κ2) is 11.7. The van der Waals surface area contributed by atoms with E-state index in [-0.39, 0.29) is 24.4 Å². The van der Waals surface area contributed by atoms with Crippen molar-refractivity contribution >= 4 is 5.97 Å². The van der Waals surface area contributed by atoms with E-state index < -0.39 is 11.9 Å². The van der Waals surface area contributed by atoms with Crippen molar-refractivity contribution in [2.24, 2.45) is 23.7 Å². The molecule has 0 spiro atoms. The van der Waals surface area contributed by atoms with Gasteiger partial charge in [-0.05, 0) is 43.4 Å². The first-order chi connectivity index (χ1) is 13.8. The summed E-state index contributed by atoms with van der Waals surface area (Å²) in [6, 6.07) is 0. The molecule has 0 radical (unpaired) electrons. The quantitative estimate of drug-likeness (QED) is 0.305. The molecule has 1 aliphatic carbocycles. The van der Waals surface area contributed by atoms with Gasteiger partial charge in [-0.1, -0.05) is 79.6 Å². The van der Waals surface area contributed by atoms with Crippen LogP contribution >= 0.6 is 0 Å². The van der Waals surface area contributed by atoms with Crippen LogP contribution in [0.4, 0.5) is 0 Å². The van der Waals surface area contributed by atoms with Gasteiger partial charge in [-0.25, -0.2) is 0 Å². The van der Waals surface area contributed by atoms with Gasteiger partial charge in [0.25, 0.3) is 0 Å². The molecule has 0 aromatic rings. The van der Waals surface area contributed by atoms with Crippen molar-refractivity contribution in [1.82, 2.24) is 0 Å². The topological polar surface area (TPSA) is 55.8 Å². The summed E-state index contributed by atoms with van der Waals surface area (Å²) in [4.78, 5) is 12.3. The zero-order chi connectivity index (χ0) is 21.4. The van der Waals surface area contributed by atoms with E-state index in [1.807, 2.05) is 0 Å². The third kappa shape index (κ3) is 6.95. The molecule has 1 N–H and O–H groups in total. The number of hydrogen-bond acceptors (Lipinski definition) is 4. The zero-order valence-electron chi connectivity index (χ0n) is 19.6. The molecule has 5 atom stereocenters. The number of ether oxygens (including phenoxy) is 2. The number of hydrogen-bond donors (Lipinski definition) is 1. The van der Waals surface area contributed by atoms with Gasteiger partial charge in [-0.3, -0.25) is 4.79 Å². The van der Waals surface area contributed by atoms with Crippen LogP contribution in [-0.4, -0.2) is 29.1 Å². The largest absolute Gasteiger partial charge is 0.435 e. The normalized spacial score (nSPS) is 30.7. The van der Waals surface area contributed by atoms with Crippen molar-refractivity contribution < 1.29 is 19.4 Å². The van der Waals surface area contributed by atoms with Gasteiger partial charge >= 0.3 is 5.97 Å². The van der Waals surface area contributed by atoms with E-state index in [0.29, 0.717) is 17.8 Å². The van der Waals surface area contributed by atoms with Gasteiger partial charge in [0, 0.05) is 0 Å². The Balaban J connectivity index is 2.14. The summed E-state index contributed by atoms with van der Waals surface area (Å²) in [5.74, 6) is 1.23. The molecule has 2 rings (SSSR count). The smallest absolute Gasteiger partial charge is 0.308 e. The summed E-state index contributed by atoms with van der Waals surface area (Å²) in [5, 5.41) is 11.7. The van der Waals surface area contributed by atoms with E-state index in [2.05, 4.69) is 34.6 Å². The molecule has 0 bridgehead atoms. The summed E-state index contributed by atoms with van der Waals surface area (Å²) in [7, 11) is 0. The number of rotatable bonds is 12. The van der Waals surface area contributed by atoms with Crippen LogP contribution in [0.5, 0.6) is 0 Å². The second-order valence-corrected chi connectivity index (χ2v) is 10.2. The molecule has 170 valence electrons. The highest BCUT2D eigenvalue weighted by Crippen LogP contribution is 2.43. The van der Waals surface area contributed by atoms with E-state index in [1.54, 1.807) is 0 Å². The molecule has 2 fully saturated rings. The highest BCUT2D eigenvalue weighted by Gasteiger charge is 2.50. The molecule has 1 saturated heterocycles. The van der Waals surface area contributed by atoms with E-state index in [9.17, 15) is 9.90 Å². The van der Waals surface area contributed by atoms with Gasteiger partial charge in [0.1, 0.15) is 0 Å². The summed E-state index contributed by atoms with van der Waals surface area (Å²) in [6.45, 7) is 11.2. The van der Waals surface area contributed by atoms with Crippen molar-refractivity contribution in [3.8, 4) is 0 Å². The highest BCUT2D eigenvalue weighted by molar-refractivity contribution is 5.72. The number of cyclic esters (lactones) is 1. The summed E-state index contributed by atoms with van der Waals surface area (Å²) >= 11 is 0. The van der Waals surface area contributed by atoms with Gasteiger partial charge < -0.3 is 14.6 Å². The van der Waals surface area contributed by atoms with E-state index >= 15 is 0 Å². The molecule has 1 aliphatic heterocycles. The second-order valence-electron chi connectivity index (χ2n) is 10.2. The van der Waals surface area contributed by atoms with Crippen LogP contribution in [0, 0.1) is 23.7 Å². The average Bonchev–Trinajstić information content (AvgIpc) is 3.03. The van der Waals surface area contributed by atoms with Gasteiger partial charge in [-0.2, -0.15) is 0 Å². The minimum Gasteiger partial charge on any atom is -0.435 e. The SMILES string of the molecule is CCCCCC(O)(CCCCC)[C@@H]1CC(=O)O[C@H]1O[C@@H]1C[C@H](C)CC[C@H]1C(C)C. The summed E-state index contributed by atoms with van der Waals surface area (Å²) in [6.07, 6.45) is 11.2. The zero-order valence-corrected chi connectivity index (χ0v) is 19.6. The maximum atomic E-state index is 12.3. The van der Waals surface area contributed by atoms with Crippen LogP contribution in [0.1, 0.15) is 112 Å². The predicted octanol–water partition coefficient (Wildman–Crippen LogP) is 6.24. The lowest BCUT2D eigenvalue weighted by molar-refractivity contribution is -0.216. The minimum atomic E-state index is -0.866. The first-order valence-electron chi connectivity index (χ1n) is 12.4. The Kier molecular flexibility index (Phi) is 9.94. The molecule has 0 amide bonds. The number of carbonyl (C=O) groups is 1. The maximum absolute atomic E-state index is 12.3. The van der Waals surface area contributed by atoms with Gasteiger partial charge in [0.15, 0.2) is 0 Å². The Hall–Kier alpha value is -0.610. The van der Waals surface area contributed by atoms with Crippen molar-refractivity contribution in [3.63, 3.8) is 0 Å². The third-order valence-corrected chi connectivity index (χ3v) is 7.35. The standard InChI is InChI=1S/C25H46O4/c1-6-8-10-14-25(27,15-11-9-7-2)21-17-23(26)29-24(21)28-22-16-19(5)12-13-20(22)18(3)4/h18-22,24,27H,6-17H2,1-5H3/t19-,20+,21-,22-,24-/m1/s1. The molecule has 29 heavy (non-hydrogen) atoms. The van der Waals surface area contributed by atoms with Crippen LogP contribution in [0.15, 0.2) is 0 Å². The van der Waals surface area contributed by atoms with Gasteiger partial charge in [0.05, 0.1) is 24.0 Å². The van der Waals surface area contributed by atoms with E-state index in [4.69, 9.17) is 9.47 Å². The fraction of sp³-hybridized carbons (Fsp3) is 0.960. The molecule has 0 unspecified atom stereocenters. The fourth-order valence-electron chi connectivity index (χ4n) is 5.40. The number of esters is 1. The Morgan fingerprint density at radius 3 is 2.28 bits per heavy atom. The molecule has 1 saturated carbocycles. The number of aliphatic hydroxyl groups is 1. The van der Waals surface area contributed by atoms with Gasteiger partial charge in [0.2, 0.25) is 6.29 Å². The molecular formula is C25H46O4. The lowest BCUT2D eigenvalue weighted by Crippen LogP contribution is -2.46. The van der Waals surface area contributed by atoms with Crippen molar-refractivity contribution in [2.45, 2.75) is 130 Å². The van der Waals surface area contributed by atoms with Crippen LogP contribution < -0.4 is 0 Å². The van der Waals surface area contributed by atoms with Crippen LogP contribution in [-0.2, 0) is 14.3 Å². The van der Waals surface area contributed by atoms with Crippen molar-refractivity contribution in [2.75, 3.05) is 0 Å². The average molecular weight is 411 g/mol. The molecule has 1 heterocycles. The monoisotopic (exact) mass is 410 g/mol. The Labute approximate surface area is 179 Å². The van der Waals surface area contributed by atoms with Crippen LogP contribution in [0.25, 0.3) is 0 Å². The molecule has 4 nitrogen and oxygen atoms in total. The molecular weight excluding hydrogens is 364 g/mol. The molecule has 0 aromatic carbocycles. The summed E-state index contributed by atoms with van der Waals surface area (Å²) in [5.41, 5.74) is -0.866. The van der Waals surface area contributed by atoms with Crippen LogP contribution in [0.3, 0.4) is 0 Å². The highest BCUT2D eigenvalue weighted by atomic mass is 16.7. The minimum absolute atomic E-state index is 0.118. The fourth-order valence-corrected chi connectivity index (χ4v) is 5.40. The Morgan fingerprint density at radius 2 is 1.72 bits per heavy atom. The van der Waals surface area contributed by atoms with E-state index in [1.165, 1.54) is 12.8 Å². The predicted molar refractivity (Wildman–Crippen MR) is 117 cm³/mol. The third-order valence-electron chi connectivity index (χ3n) is 7.35. The lowest BCUT2D eigenvalue weighted by atomic mass is 9.75. The lowest BCUT2D eigenvalue weighted by Gasteiger charge is -2.41. The number of carbonyl (C=O) groups excluding carboxylic acids is 1.